The zero-order valence-electron chi connectivity index (χ0n) is 11.3. The molecule has 0 radical (unpaired) electrons. The van der Waals surface area contributed by atoms with Crippen molar-refractivity contribution in [3.63, 3.8) is 0 Å². The van der Waals surface area contributed by atoms with Gasteiger partial charge in [0.1, 0.15) is 0 Å². The van der Waals surface area contributed by atoms with E-state index in [-0.39, 0.29) is 0 Å². The molecule has 0 fully saturated rings. The third kappa shape index (κ3) is 2.29. The molecular weight excluding hydrogens is 224 g/mol. The molecule has 0 aliphatic rings. The molecule has 18 heavy (non-hydrogen) atoms. The SMILES string of the molecule is CCc1nn(-c2ccccn2)c(CC)c1CNC. The van der Waals surface area contributed by atoms with Crippen molar-refractivity contribution in [2.75, 3.05) is 7.05 Å². The van der Waals surface area contributed by atoms with Gasteiger partial charge in [-0.25, -0.2) is 9.67 Å². The third-order valence-electron chi connectivity index (χ3n) is 3.06. The second-order valence-electron chi connectivity index (χ2n) is 4.21. The lowest BCUT2D eigenvalue weighted by Crippen LogP contribution is -2.09. The summed E-state index contributed by atoms with van der Waals surface area (Å²) in [6.45, 7) is 5.16. The van der Waals surface area contributed by atoms with Crippen LogP contribution in [0.2, 0.25) is 0 Å². The predicted octanol–water partition coefficient (Wildman–Crippen LogP) is 2.11. The molecule has 2 aromatic heterocycles. The van der Waals surface area contributed by atoms with Crippen LogP contribution in [0, 0.1) is 0 Å². The zero-order valence-corrected chi connectivity index (χ0v) is 11.3. The van der Waals surface area contributed by atoms with Crippen LogP contribution in [0.4, 0.5) is 0 Å². The first-order chi connectivity index (χ1) is 8.81. The first-order valence-corrected chi connectivity index (χ1v) is 6.47. The average Bonchev–Trinajstić information content (AvgIpc) is 2.78. The molecule has 0 saturated carbocycles. The molecule has 2 aromatic rings. The van der Waals surface area contributed by atoms with E-state index in [1.807, 2.05) is 29.9 Å². The highest BCUT2D eigenvalue weighted by Crippen LogP contribution is 2.19. The molecular formula is C14H20N4. The molecule has 2 heterocycles. The first kappa shape index (κ1) is 12.8. The maximum Gasteiger partial charge on any atom is 0.153 e. The summed E-state index contributed by atoms with van der Waals surface area (Å²) in [6, 6.07) is 5.91. The lowest BCUT2D eigenvalue weighted by atomic mass is 10.1. The van der Waals surface area contributed by atoms with Crippen LogP contribution in [-0.4, -0.2) is 21.8 Å². The Kier molecular flexibility index (Phi) is 4.10. The van der Waals surface area contributed by atoms with Crippen LogP contribution >= 0.6 is 0 Å². The number of rotatable bonds is 5. The molecule has 1 N–H and O–H groups in total. The van der Waals surface area contributed by atoms with Crippen molar-refractivity contribution in [2.24, 2.45) is 0 Å². The molecule has 0 atom stereocenters. The quantitative estimate of drug-likeness (QED) is 0.876. The van der Waals surface area contributed by atoms with Crippen LogP contribution in [0.15, 0.2) is 24.4 Å². The van der Waals surface area contributed by atoms with E-state index in [4.69, 9.17) is 5.10 Å². The van der Waals surface area contributed by atoms with Crippen molar-refractivity contribution in [2.45, 2.75) is 33.2 Å². The predicted molar refractivity (Wildman–Crippen MR) is 72.9 cm³/mol. The summed E-state index contributed by atoms with van der Waals surface area (Å²) in [7, 11) is 1.97. The van der Waals surface area contributed by atoms with Gasteiger partial charge in [-0.2, -0.15) is 5.10 Å². The molecule has 2 rings (SSSR count). The Bertz CT molecular complexity index is 502. The second kappa shape index (κ2) is 5.78. The first-order valence-electron chi connectivity index (χ1n) is 6.47. The molecule has 0 amide bonds. The van der Waals surface area contributed by atoms with Gasteiger partial charge in [0.15, 0.2) is 5.82 Å². The molecule has 4 heteroatoms. The number of nitrogens with one attached hydrogen (secondary N) is 1. The third-order valence-corrected chi connectivity index (χ3v) is 3.06. The zero-order chi connectivity index (χ0) is 13.0. The number of aryl methyl sites for hydroxylation is 1. The van der Waals surface area contributed by atoms with Gasteiger partial charge in [0.05, 0.1) is 11.4 Å². The standard InChI is InChI=1S/C14H20N4/c1-4-12-11(10-15-3)13(5-2)18(17-12)14-8-6-7-9-16-14/h6-9,15H,4-5,10H2,1-3H3. The minimum absolute atomic E-state index is 0.860. The summed E-state index contributed by atoms with van der Waals surface area (Å²) in [5.74, 6) is 0.895. The molecule has 4 nitrogen and oxygen atoms in total. The van der Waals surface area contributed by atoms with Gasteiger partial charge in [-0.3, -0.25) is 0 Å². The maximum atomic E-state index is 4.70. The Balaban J connectivity index is 2.54. The van der Waals surface area contributed by atoms with E-state index in [1.54, 1.807) is 6.20 Å². The minimum Gasteiger partial charge on any atom is -0.316 e. The van der Waals surface area contributed by atoms with E-state index in [9.17, 15) is 0 Å². The van der Waals surface area contributed by atoms with Crippen molar-refractivity contribution in [1.29, 1.82) is 0 Å². The van der Waals surface area contributed by atoms with Crippen molar-refractivity contribution in [1.82, 2.24) is 20.1 Å². The lowest BCUT2D eigenvalue weighted by molar-refractivity contribution is 0.764. The summed E-state index contributed by atoms with van der Waals surface area (Å²) < 4.78 is 1.98. The summed E-state index contributed by atoms with van der Waals surface area (Å²) in [5, 5.41) is 7.93. The van der Waals surface area contributed by atoms with Crippen LogP contribution in [0.3, 0.4) is 0 Å². The van der Waals surface area contributed by atoms with Gasteiger partial charge in [0.2, 0.25) is 0 Å². The number of nitrogens with zero attached hydrogens (tertiary/aromatic N) is 3. The molecule has 0 aliphatic carbocycles. The molecule has 0 spiro atoms. The second-order valence-corrected chi connectivity index (χ2v) is 4.21. The van der Waals surface area contributed by atoms with Gasteiger partial charge in [0, 0.05) is 18.3 Å². The van der Waals surface area contributed by atoms with Gasteiger partial charge in [-0.1, -0.05) is 19.9 Å². The van der Waals surface area contributed by atoms with Gasteiger partial charge in [0.25, 0.3) is 0 Å². The van der Waals surface area contributed by atoms with Crippen LogP contribution in [0.25, 0.3) is 5.82 Å². The van der Waals surface area contributed by atoms with E-state index in [0.29, 0.717) is 0 Å². The summed E-state index contributed by atoms with van der Waals surface area (Å²) in [6.07, 6.45) is 3.71. The topological polar surface area (TPSA) is 42.7 Å². The van der Waals surface area contributed by atoms with Crippen molar-refractivity contribution in [3.8, 4) is 5.82 Å². The van der Waals surface area contributed by atoms with Crippen LogP contribution in [0.1, 0.15) is 30.8 Å². The Hall–Kier alpha value is -1.68. The molecule has 0 aromatic carbocycles. The lowest BCUT2D eigenvalue weighted by Gasteiger charge is -2.06. The van der Waals surface area contributed by atoms with E-state index >= 15 is 0 Å². The van der Waals surface area contributed by atoms with Crippen LogP contribution in [0.5, 0.6) is 0 Å². The van der Waals surface area contributed by atoms with E-state index in [1.165, 1.54) is 11.3 Å². The van der Waals surface area contributed by atoms with Gasteiger partial charge in [-0.15, -0.1) is 0 Å². The van der Waals surface area contributed by atoms with Crippen molar-refractivity contribution in [3.05, 3.63) is 41.3 Å². The van der Waals surface area contributed by atoms with Crippen LogP contribution < -0.4 is 5.32 Å². The molecule has 0 saturated heterocycles. The molecule has 96 valence electrons. The number of pyridine rings is 1. The van der Waals surface area contributed by atoms with Gasteiger partial charge in [-0.05, 0) is 32.0 Å². The van der Waals surface area contributed by atoms with Crippen LogP contribution in [-0.2, 0) is 19.4 Å². The average molecular weight is 244 g/mol. The highest BCUT2D eigenvalue weighted by Gasteiger charge is 2.16. The smallest absolute Gasteiger partial charge is 0.153 e. The summed E-state index contributed by atoms with van der Waals surface area (Å²) in [4.78, 5) is 4.39. The summed E-state index contributed by atoms with van der Waals surface area (Å²) in [5.41, 5.74) is 3.72. The van der Waals surface area contributed by atoms with E-state index in [0.717, 1.165) is 30.9 Å². The fraction of sp³-hybridized carbons (Fsp3) is 0.429. The van der Waals surface area contributed by atoms with Crippen molar-refractivity contribution >= 4 is 0 Å². The largest absolute Gasteiger partial charge is 0.316 e. The maximum absolute atomic E-state index is 4.70. The Morgan fingerprint density at radius 3 is 2.61 bits per heavy atom. The monoisotopic (exact) mass is 244 g/mol. The highest BCUT2D eigenvalue weighted by molar-refractivity contribution is 5.33. The summed E-state index contributed by atoms with van der Waals surface area (Å²) >= 11 is 0. The number of hydrogen-bond acceptors (Lipinski definition) is 3. The normalized spacial score (nSPS) is 10.8. The van der Waals surface area contributed by atoms with Crippen molar-refractivity contribution < 1.29 is 0 Å². The minimum atomic E-state index is 0.860. The fourth-order valence-electron chi connectivity index (χ4n) is 2.23. The Morgan fingerprint density at radius 2 is 2.06 bits per heavy atom. The molecule has 0 bridgehead atoms. The number of aromatic nitrogens is 3. The Morgan fingerprint density at radius 1 is 1.22 bits per heavy atom. The Labute approximate surface area is 108 Å². The fourth-order valence-corrected chi connectivity index (χ4v) is 2.23. The molecule has 0 unspecified atom stereocenters. The highest BCUT2D eigenvalue weighted by atomic mass is 15.3. The van der Waals surface area contributed by atoms with E-state index in [2.05, 4.69) is 24.1 Å². The molecule has 0 aliphatic heterocycles. The number of hydrogen-bond donors (Lipinski definition) is 1. The van der Waals surface area contributed by atoms with Gasteiger partial charge < -0.3 is 5.32 Å². The van der Waals surface area contributed by atoms with E-state index < -0.39 is 0 Å². The van der Waals surface area contributed by atoms with Gasteiger partial charge >= 0.3 is 0 Å².